The zero-order valence-electron chi connectivity index (χ0n) is 11.0. The van der Waals surface area contributed by atoms with E-state index in [2.05, 4.69) is 21.9 Å². The van der Waals surface area contributed by atoms with E-state index in [9.17, 15) is 9.90 Å². The van der Waals surface area contributed by atoms with Gasteiger partial charge in [0.15, 0.2) is 5.60 Å². The molecular weight excluding hydrogens is 220 g/mol. The summed E-state index contributed by atoms with van der Waals surface area (Å²) in [5.41, 5.74) is -1.44. The Hall–Kier alpha value is -0.650. The molecule has 0 aliphatic heterocycles. The summed E-state index contributed by atoms with van der Waals surface area (Å²) in [7, 11) is 1.28. The smallest absolute Gasteiger partial charge is 0.338 e. The Kier molecular flexibility index (Phi) is 5.36. The number of hydrogen-bond donors (Lipinski definition) is 2. The lowest BCUT2D eigenvalue weighted by molar-refractivity contribution is -0.159. The van der Waals surface area contributed by atoms with Crippen LogP contribution in [-0.2, 0) is 9.53 Å². The molecule has 2 N–H and O–H groups in total. The SMILES string of the molecule is CCN(CCNCC(C)(O)C(=O)OC)C1CC1. The van der Waals surface area contributed by atoms with E-state index in [0.717, 1.165) is 25.7 Å². The lowest BCUT2D eigenvalue weighted by Crippen LogP contribution is -2.47. The van der Waals surface area contributed by atoms with E-state index < -0.39 is 11.6 Å². The number of nitrogens with one attached hydrogen (secondary N) is 1. The first kappa shape index (κ1) is 14.4. The molecule has 17 heavy (non-hydrogen) atoms. The third-order valence-corrected chi connectivity index (χ3v) is 3.14. The third kappa shape index (κ3) is 4.61. The molecule has 1 aliphatic rings. The van der Waals surface area contributed by atoms with Gasteiger partial charge < -0.3 is 15.2 Å². The maximum Gasteiger partial charge on any atom is 0.338 e. The van der Waals surface area contributed by atoms with Crippen LogP contribution in [0.4, 0.5) is 0 Å². The van der Waals surface area contributed by atoms with Crippen molar-refractivity contribution in [2.75, 3.05) is 33.3 Å². The first-order valence-electron chi connectivity index (χ1n) is 6.27. The van der Waals surface area contributed by atoms with E-state index in [-0.39, 0.29) is 6.54 Å². The summed E-state index contributed by atoms with van der Waals surface area (Å²) in [6.45, 7) is 6.63. The van der Waals surface area contributed by atoms with Gasteiger partial charge in [-0.05, 0) is 26.3 Å². The molecule has 0 saturated heterocycles. The predicted molar refractivity (Wildman–Crippen MR) is 65.8 cm³/mol. The fourth-order valence-corrected chi connectivity index (χ4v) is 1.89. The molecule has 0 radical (unpaired) electrons. The molecule has 1 unspecified atom stereocenters. The van der Waals surface area contributed by atoms with Crippen LogP contribution in [0.5, 0.6) is 0 Å². The lowest BCUT2D eigenvalue weighted by Gasteiger charge is -2.23. The van der Waals surface area contributed by atoms with Gasteiger partial charge >= 0.3 is 5.97 Å². The molecule has 1 saturated carbocycles. The summed E-state index contributed by atoms with van der Waals surface area (Å²) in [6.07, 6.45) is 2.60. The molecule has 1 fully saturated rings. The molecule has 5 nitrogen and oxygen atoms in total. The average Bonchev–Trinajstić information content (AvgIpc) is 3.12. The maximum absolute atomic E-state index is 11.2. The Morgan fingerprint density at radius 1 is 1.59 bits per heavy atom. The van der Waals surface area contributed by atoms with Crippen LogP contribution in [-0.4, -0.2) is 60.9 Å². The lowest BCUT2D eigenvalue weighted by atomic mass is 10.1. The Morgan fingerprint density at radius 3 is 2.71 bits per heavy atom. The highest BCUT2D eigenvalue weighted by atomic mass is 16.5. The summed E-state index contributed by atoms with van der Waals surface area (Å²) in [5, 5.41) is 12.9. The van der Waals surface area contributed by atoms with Crippen LogP contribution in [0.25, 0.3) is 0 Å². The normalized spacial score (nSPS) is 19.1. The van der Waals surface area contributed by atoms with Gasteiger partial charge in [0.05, 0.1) is 7.11 Å². The second kappa shape index (κ2) is 6.33. The minimum Gasteiger partial charge on any atom is -0.467 e. The highest BCUT2D eigenvalue weighted by Crippen LogP contribution is 2.25. The molecule has 0 aromatic carbocycles. The summed E-state index contributed by atoms with van der Waals surface area (Å²) in [4.78, 5) is 13.6. The fourth-order valence-electron chi connectivity index (χ4n) is 1.89. The van der Waals surface area contributed by atoms with Gasteiger partial charge in [0.2, 0.25) is 0 Å². The zero-order valence-corrected chi connectivity index (χ0v) is 11.0. The highest BCUT2D eigenvalue weighted by molar-refractivity contribution is 5.78. The van der Waals surface area contributed by atoms with Gasteiger partial charge in [0.25, 0.3) is 0 Å². The van der Waals surface area contributed by atoms with E-state index in [1.54, 1.807) is 0 Å². The molecule has 100 valence electrons. The summed E-state index contributed by atoms with van der Waals surface area (Å²) >= 11 is 0. The fraction of sp³-hybridized carbons (Fsp3) is 0.917. The van der Waals surface area contributed by atoms with Gasteiger partial charge in [-0.25, -0.2) is 4.79 Å². The van der Waals surface area contributed by atoms with Crippen molar-refractivity contribution in [2.24, 2.45) is 0 Å². The number of rotatable bonds is 8. The highest BCUT2D eigenvalue weighted by Gasteiger charge is 2.31. The minimum absolute atomic E-state index is 0.224. The van der Waals surface area contributed by atoms with Gasteiger partial charge in [0.1, 0.15) is 0 Å². The second-order valence-corrected chi connectivity index (χ2v) is 4.80. The van der Waals surface area contributed by atoms with E-state index >= 15 is 0 Å². The quantitative estimate of drug-likeness (QED) is 0.464. The van der Waals surface area contributed by atoms with Crippen LogP contribution in [0.15, 0.2) is 0 Å². The van der Waals surface area contributed by atoms with E-state index in [4.69, 9.17) is 0 Å². The Bertz CT molecular complexity index is 252. The molecule has 5 heteroatoms. The molecule has 0 aromatic rings. The van der Waals surface area contributed by atoms with Crippen molar-refractivity contribution in [1.29, 1.82) is 0 Å². The molecule has 0 bridgehead atoms. The number of likely N-dealkylation sites (N-methyl/N-ethyl adjacent to an activating group) is 1. The molecule has 1 atom stereocenters. The van der Waals surface area contributed by atoms with Crippen LogP contribution in [0.2, 0.25) is 0 Å². The second-order valence-electron chi connectivity index (χ2n) is 4.80. The Labute approximate surface area is 103 Å². The monoisotopic (exact) mass is 244 g/mol. The first-order valence-corrected chi connectivity index (χ1v) is 6.27. The van der Waals surface area contributed by atoms with E-state index in [1.165, 1.54) is 26.9 Å². The van der Waals surface area contributed by atoms with Gasteiger partial charge in [-0.1, -0.05) is 6.92 Å². The molecule has 1 aliphatic carbocycles. The standard InChI is InChI=1S/C12H24N2O3/c1-4-14(10-5-6-10)8-7-13-9-12(2,16)11(15)17-3/h10,13,16H,4-9H2,1-3H3. The first-order chi connectivity index (χ1) is 8.01. The minimum atomic E-state index is -1.44. The van der Waals surface area contributed by atoms with Crippen molar-refractivity contribution in [2.45, 2.75) is 38.3 Å². The summed E-state index contributed by atoms with van der Waals surface area (Å²) in [5.74, 6) is -0.598. The van der Waals surface area contributed by atoms with Crippen molar-refractivity contribution in [1.82, 2.24) is 10.2 Å². The van der Waals surface area contributed by atoms with Gasteiger partial charge in [-0.2, -0.15) is 0 Å². The molecule has 1 rings (SSSR count). The van der Waals surface area contributed by atoms with Gasteiger partial charge in [0, 0.05) is 25.7 Å². The molecule has 0 amide bonds. The average molecular weight is 244 g/mol. The van der Waals surface area contributed by atoms with Crippen molar-refractivity contribution < 1.29 is 14.6 Å². The third-order valence-electron chi connectivity index (χ3n) is 3.14. The number of carbonyl (C=O) groups excluding carboxylic acids is 1. The predicted octanol–water partition coefficient (Wildman–Crippen LogP) is -0.0157. The number of carbonyl (C=O) groups is 1. The van der Waals surface area contributed by atoms with Crippen LogP contribution < -0.4 is 5.32 Å². The van der Waals surface area contributed by atoms with Crippen molar-refractivity contribution in [3.8, 4) is 0 Å². The Morgan fingerprint density at radius 2 is 2.24 bits per heavy atom. The molecule has 0 aromatic heterocycles. The van der Waals surface area contributed by atoms with E-state index in [0.29, 0.717) is 0 Å². The van der Waals surface area contributed by atoms with Crippen molar-refractivity contribution in [3.05, 3.63) is 0 Å². The largest absolute Gasteiger partial charge is 0.467 e. The number of ether oxygens (including phenoxy) is 1. The molecular formula is C12H24N2O3. The van der Waals surface area contributed by atoms with Crippen LogP contribution in [0, 0.1) is 0 Å². The Balaban J connectivity index is 2.16. The zero-order chi connectivity index (χ0) is 12.9. The number of hydrogen-bond acceptors (Lipinski definition) is 5. The van der Waals surface area contributed by atoms with Gasteiger partial charge in [-0.3, -0.25) is 4.90 Å². The van der Waals surface area contributed by atoms with Crippen molar-refractivity contribution >= 4 is 5.97 Å². The number of methoxy groups -OCH3 is 1. The number of aliphatic hydroxyl groups is 1. The van der Waals surface area contributed by atoms with Crippen molar-refractivity contribution in [3.63, 3.8) is 0 Å². The summed E-state index contributed by atoms with van der Waals surface area (Å²) in [6, 6.07) is 0.753. The van der Waals surface area contributed by atoms with Crippen LogP contribution in [0.3, 0.4) is 0 Å². The van der Waals surface area contributed by atoms with E-state index in [1.807, 2.05) is 0 Å². The molecule has 0 heterocycles. The van der Waals surface area contributed by atoms with Crippen LogP contribution in [0.1, 0.15) is 26.7 Å². The maximum atomic E-state index is 11.2. The summed E-state index contributed by atoms with van der Waals surface area (Å²) < 4.78 is 4.52. The topological polar surface area (TPSA) is 61.8 Å². The van der Waals surface area contributed by atoms with Crippen LogP contribution >= 0.6 is 0 Å². The number of nitrogens with zero attached hydrogens (tertiary/aromatic N) is 1. The van der Waals surface area contributed by atoms with Gasteiger partial charge in [-0.15, -0.1) is 0 Å². The number of esters is 1. The molecule has 0 spiro atoms.